The minimum Gasteiger partial charge on any atom is -0.455 e. The number of furan rings is 1. The van der Waals surface area contributed by atoms with Gasteiger partial charge in [0, 0.05) is 108 Å². The smallest absolute Gasteiger partial charge is 0.143 e. The standard InChI is InChI=1S/C45H34N2.C39H29NO.C39H29NS/c1-30(2)33-27-28-38-37-16-7-10-20-41(37)47(44(38)29-33)40-19-9-6-15-35(40)31-23-25-32(26-24-31)36-18-12-22-43-45(36)39-17-8-11-21-42(39)46(43)34-13-4-3-5-14-34;2*1-25(2)26-22-23-37-34(24-26)30-15-6-9-20-36(30)40(37)35-19-8-5-14-29(35)27-12-3-4-13-28(27)32-17-11-18-33-31-16-7-10-21-38(31)41-39(32)33/h3-30H,1-2H3;2*3-25H,1-2H3. The van der Waals surface area contributed by atoms with E-state index in [1.165, 1.54) is 202 Å². The van der Waals surface area contributed by atoms with Gasteiger partial charge in [0.15, 0.2) is 0 Å². The van der Waals surface area contributed by atoms with Crippen LogP contribution in [0.25, 0.3) is 219 Å². The summed E-state index contributed by atoms with van der Waals surface area (Å²) in [5.41, 5.74) is 35.1. The van der Waals surface area contributed by atoms with Crippen molar-refractivity contribution < 1.29 is 4.42 Å². The van der Waals surface area contributed by atoms with E-state index in [2.05, 4.69) is 478 Å². The van der Waals surface area contributed by atoms with Crippen molar-refractivity contribution in [1.29, 1.82) is 0 Å². The third-order valence-corrected chi connectivity index (χ3v) is 27.8. The molecule has 0 aliphatic carbocycles. The summed E-state index contributed by atoms with van der Waals surface area (Å²) in [5, 5.41) is 15.2. The lowest BCUT2D eigenvalue weighted by Crippen LogP contribution is -1.98. The van der Waals surface area contributed by atoms with E-state index in [1.54, 1.807) is 0 Å². The van der Waals surface area contributed by atoms with Gasteiger partial charge in [0.05, 0.1) is 61.2 Å². The number of aromatic nitrogens is 4. The van der Waals surface area contributed by atoms with Crippen LogP contribution in [0.3, 0.4) is 0 Å². The summed E-state index contributed by atoms with van der Waals surface area (Å²) in [6.45, 7) is 13.6. The van der Waals surface area contributed by atoms with Gasteiger partial charge in [-0.1, -0.05) is 369 Å². The molecule has 0 aliphatic heterocycles. The Bertz CT molecular complexity index is 8350. The van der Waals surface area contributed by atoms with Crippen LogP contribution >= 0.6 is 11.3 Å². The Morgan fingerprint density at radius 1 is 0.209 bits per heavy atom. The molecule has 0 atom stereocenters. The molecule has 25 aromatic rings. The van der Waals surface area contributed by atoms with E-state index in [-0.39, 0.29) is 0 Å². The van der Waals surface area contributed by atoms with Crippen LogP contribution in [0, 0.1) is 0 Å². The zero-order valence-corrected chi connectivity index (χ0v) is 73.6. The van der Waals surface area contributed by atoms with Gasteiger partial charge < -0.3 is 22.7 Å². The van der Waals surface area contributed by atoms with Crippen molar-refractivity contribution in [2.24, 2.45) is 0 Å². The van der Waals surface area contributed by atoms with Crippen LogP contribution in [0.1, 0.15) is 76.0 Å². The highest BCUT2D eigenvalue weighted by Crippen LogP contribution is 2.49. The molecule has 0 aliphatic rings. The maximum atomic E-state index is 6.47. The van der Waals surface area contributed by atoms with Gasteiger partial charge in [0.2, 0.25) is 0 Å². The molecule has 0 saturated heterocycles. The Morgan fingerprint density at radius 3 is 1.14 bits per heavy atom. The Hall–Kier alpha value is -15.6. The first-order chi connectivity index (χ1) is 63.5. The SMILES string of the molecule is CC(C)c1ccc2c(c1)c1ccccc1n2-c1ccccc1-c1ccccc1-c1cccc2c1oc1ccccc12.CC(C)c1ccc2c(c1)c1ccccc1n2-c1ccccc1-c1ccccc1-c1cccc2c1sc1ccccc12.CC(C)c1ccc2c3ccccc3n(-c3ccccc3-c3ccc(-c4cccc5c4c4ccccc4n5-c4ccccc4)cc3)c2c1. The third-order valence-electron chi connectivity index (χ3n) is 26.6. The predicted molar refractivity (Wildman–Crippen MR) is 552 cm³/mol. The molecule has 0 spiro atoms. The molecule has 25 rings (SSSR count). The molecule has 0 N–H and O–H groups in total. The van der Waals surface area contributed by atoms with Gasteiger partial charge in [0.25, 0.3) is 0 Å². The molecule has 0 amide bonds. The second-order valence-electron chi connectivity index (χ2n) is 35.0. The molecule has 19 aromatic carbocycles. The summed E-state index contributed by atoms with van der Waals surface area (Å²) >= 11 is 1.89. The molecule has 0 bridgehead atoms. The molecule has 6 heterocycles. The molecule has 616 valence electrons. The predicted octanol–water partition coefficient (Wildman–Crippen LogP) is 35.1. The van der Waals surface area contributed by atoms with Crippen LogP contribution in [-0.2, 0) is 0 Å². The van der Waals surface area contributed by atoms with E-state index in [4.69, 9.17) is 4.42 Å². The van der Waals surface area contributed by atoms with E-state index in [0.29, 0.717) is 17.8 Å². The van der Waals surface area contributed by atoms with Crippen molar-refractivity contribution in [3.8, 4) is 89.5 Å². The number of thiophene rings is 1. The minimum atomic E-state index is 0.458. The quantitative estimate of drug-likeness (QED) is 0.113. The van der Waals surface area contributed by atoms with Gasteiger partial charge in [-0.05, 0) is 177 Å². The molecule has 0 unspecified atom stereocenters. The van der Waals surface area contributed by atoms with Crippen molar-refractivity contribution in [2.75, 3.05) is 0 Å². The first-order valence-electron chi connectivity index (χ1n) is 45.1. The van der Waals surface area contributed by atoms with Crippen molar-refractivity contribution in [1.82, 2.24) is 18.3 Å². The molecule has 6 heteroatoms. The summed E-state index contributed by atoms with van der Waals surface area (Å²) < 4.78 is 18.9. The molecular weight excluding hydrogens is 1580 g/mol. The largest absolute Gasteiger partial charge is 0.455 e. The fraction of sp³-hybridized carbons (Fsp3) is 0.0732. The van der Waals surface area contributed by atoms with E-state index in [1.807, 2.05) is 23.5 Å². The third kappa shape index (κ3) is 13.3. The van der Waals surface area contributed by atoms with Crippen LogP contribution in [0.5, 0.6) is 0 Å². The Kier molecular flexibility index (Phi) is 19.6. The second-order valence-corrected chi connectivity index (χ2v) is 36.1. The van der Waals surface area contributed by atoms with E-state index in [0.717, 1.165) is 33.1 Å². The number of hydrogen-bond donors (Lipinski definition) is 0. The minimum absolute atomic E-state index is 0.458. The lowest BCUT2D eigenvalue weighted by Gasteiger charge is -2.17. The Balaban J connectivity index is 0.000000111. The summed E-state index contributed by atoms with van der Waals surface area (Å²) in [6.07, 6.45) is 0. The first kappa shape index (κ1) is 78.1. The average Bonchev–Trinajstić information content (AvgIpc) is 1.59. The fourth-order valence-corrected chi connectivity index (χ4v) is 21.5. The van der Waals surface area contributed by atoms with Gasteiger partial charge in [0.1, 0.15) is 11.2 Å². The summed E-state index contributed by atoms with van der Waals surface area (Å²) in [7, 11) is 0. The van der Waals surface area contributed by atoms with Crippen LogP contribution < -0.4 is 0 Å². The number of nitrogens with zero attached hydrogens (tertiary/aromatic N) is 4. The fourth-order valence-electron chi connectivity index (χ4n) is 20.3. The summed E-state index contributed by atoms with van der Waals surface area (Å²) in [5.74, 6) is 1.42. The zero-order valence-electron chi connectivity index (χ0n) is 72.8. The highest BCUT2D eigenvalue weighted by molar-refractivity contribution is 7.26. The lowest BCUT2D eigenvalue weighted by molar-refractivity contribution is 0.670. The average molecular weight is 1670 g/mol. The topological polar surface area (TPSA) is 32.9 Å². The monoisotopic (exact) mass is 1670 g/mol. The summed E-state index contributed by atoms with van der Waals surface area (Å²) in [4.78, 5) is 0. The molecular formula is C123H92N4OS. The summed E-state index contributed by atoms with van der Waals surface area (Å²) in [6, 6.07) is 157. The van der Waals surface area contributed by atoms with Gasteiger partial charge >= 0.3 is 0 Å². The van der Waals surface area contributed by atoms with Crippen molar-refractivity contribution in [3.63, 3.8) is 0 Å². The molecule has 0 fully saturated rings. The van der Waals surface area contributed by atoms with Crippen molar-refractivity contribution in [3.05, 3.63) is 447 Å². The van der Waals surface area contributed by atoms with Crippen LogP contribution in [0.2, 0.25) is 0 Å². The molecule has 5 nitrogen and oxygen atoms in total. The van der Waals surface area contributed by atoms with Crippen LogP contribution in [-0.4, -0.2) is 18.3 Å². The highest BCUT2D eigenvalue weighted by atomic mass is 32.1. The number of hydrogen-bond acceptors (Lipinski definition) is 2. The Morgan fingerprint density at radius 2 is 0.566 bits per heavy atom. The van der Waals surface area contributed by atoms with E-state index in [9.17, 15) is 0 Å². The van der Waals surface area contributed by atoms with Gasteiger partial charge in [-0.2, -0.15) is 0 Å². The number of benzene rings is 19. The van der Waals surface area contributed by atoms with Gasteiger partial charge in [-0.15, -0.1) is 11.3 Å². The van der Waals surface area contributed by atoms with Gasteiger partial charge in [-0.3, -0.25) is 0 Å². The zero-order chi connectivity index (χ0) is 86.5. The van der Waals surface area contributed by atoms with Gasteiger partial charge in [-0.25, -0.2) is 0 Å². The van der Waals surface area contributed by atoms with Crippen LogP contribution in [0.15, 0.2) is 435 Å². The van der Waals surface area contributed by atoms with Crippen molar-refractivity contribution in [2.45, 2.75) is 59.3 Å². The second kappa shape index (κ2) is 32.4. The Labute approximate surface area is 754 Å². The lowest BCUT2D eigenvalue weighted by atomic mass is 9.92. The van der Waals surface area contributed by atoms with E-state index < -0.39 is 0 Å². The number of fused-ring (bicyclic) bond motifs is 18. The maximum absolute atomic E-state index is 6.47. The number of rotatable bonds is 13. The maximum Gasteiger partial charge on any atom is 0.143 e. The number of para-hydroxylation sites is 10. The molecule has 0 saturated carbocycles. The van der Waals surface area contributed by atoms with E-state index >= 15 is 0 Å². The first-order valence-corrected chi connectivity index (χ1v) is 45.9. The highest BCUT2D eigenvalue weighted by Gasteiger charge is 2.26. The molecule has 129 heavy (non-hydrogen) atoms. The normalized spacial score (nSPS) is 11.9. The molecule has 6 aromatic heterocycles. The van der Waals surface area contributed by atoms with Crippen LogP contribution in [0.4, 0.5) is 0 Å². The molecule has 0 radical (unpaired) electrons. The van der Waals surface area contributed by atoms with Crippen molar-refractivity contribution >= 4 is 141 Å².